The molecule has 0 unspecified atom stereocenters. The number of fused-ring (bicyclic) bond motifs is 8. The summed E-state index contributed by atoms with van der Waals surface area (Å²) in [6.07, 6.45) is 6.26. The van der Waals surface area contributed by atoms with Crippen molar-refractivity contribution < 1.29 is 5.11 Å². The Morgan fingerprint density at radius 3 is 2.14 bits per heavy atom. The maximum atomic E-state index is 14.0. The number of rotatable bonds is 3. The van der Waals surface area contributed by atoms with Crippen LogP contribution in [0.1, 0.15) is 16.8 Å². The summed E-state index contributed by atoms with van der Waals surface area (Å²) in [5.41, 5.74) is 6.36. The van der Waals surface area contributed by atoms with Gasteiger partial charge in [0, 0.05) is 39.4 Å². The predicted molar refractivity (Wildman–Crippen MR) is 177 cm³/mol. The zero-order chi connectivity index (χ0) is 29.4. The van der Waals surface area contributed by atoms with Gasteiger partial charge in [-0.15, -0.1) is 0 Å². The minimum Gasteiger partial charge on any atom is -0.507 e. The molecule has 44 heavy (non-hydrogen) atoms. The first kappa shape index (κ1) is 24.6. The van der Waals surface area contributed by atoms with Gasteiger partial charge in [0.2, 0.25) is 5.95 Å². The normalized spacial score (nSPS) is 12.8. The third-order valence-corrected chi connectivity index (χ3v) is 8.80. The Kier molecular flexibility index (Phi) is 5.16. The summed E-state index contributed by atoms with van der Waals surface area (Å²) in [5.74, 6) is 0.794. The minimum atomic E-state index is -0.108. The van der Waals surface area contributed by atoms with E-state index in [1.54, 1.807) is 23.0 Å². The van der Waals surface area contributed by atoms with Gasteiger partial charge in [0.25, 0.3) is 5.56 Å². The molecule has 3 heterocycles. The maximum absolute atomic E-state index is 14.0. The fourth-order valence-corrected chi connectivity index (χ4v) is 6.85. The second kappa shape index (κ2) is 9.24. The molecule has 0 atom stereocenters. The van der Waals surface area contributed by atoms with E-state index in [0.717, 1.165) is 60.4 Å². The Morgan fingerprint density at radius 1 is 0.636 bits per heavy atom. The lowest BCUT2D eigenvalue weighted by Gasteiger charge is -2.15. The van der Waals surface area contributed by atoms with Crippen molar-refractivity contribution in [3.63, 3.8) is 0 Å². The number of benzene rings is 5. The highest BCUT2D eigenvalue weighted by molar-refractivity contribution is 6.19. The molecule has 0 spiro atoms. The Bertz CT molecular complexity index is 2560. The average Bonchev–Trinajstić information content (AvgIpc) is 3.63. The van der Waals surface area contributed by atoms with E-state index in [4.69, 9.17) is 9.97 Å². The highest BCUT2D eigenvalue weighted by Gasteiger charge is 2.26. The lowest BCUT2D eigenvalue weighted by molar-refractivity contribution is 0.473. The molecule has 5 aromatic carbocycles. The third kappa shape index (κ3) is 3.45. The standard InChI is InChI=1S/C38H24N4O2/c43-35-16-8-6-10-26(35)24-19-31-28-12-5-7-15-32(28)42(34(31)20-24)38-39-21-25(22-40-38)41-33-18-17-23-9-1-2-11-27(23)36(33)29-13-3-4-14-30(29)37(41)44/h1-19,21-22,43H,20H2. The molecule has 8 aromatic rings. The number of pyridine rings is 1. The van der Waals surface area contributed by atoms with Crippen LogP contribution in [0.25, 0.3) is 66.6 Å². The number of allylic oxidation sites excluding steroid dienone is 1. The fraction of sp³-hybridized carbons (Fsp3) is 0.0263. The molecular weight excluding hydrogens is 544 g/mol. The summed E-state index contributed by atoms with van der Waals surface area (Å²) < 4.78 is 3.82. The average molecular weight is 569 g/mol. The van der Waals surface area contributed by atoms with Gasteiger partial charge in [-0.05, 0) is 52.1 Å². The molecule has 9 rings (SSSR count). The number of phenolic OH excluding ortho intramolecular Hbond substituents is 1. The lowest BCUT2D eigenvalue weighted by atomic mass is 9.99. The zero-order valence-electron chi connectivity index (χ0n) is 23.5. The van der Waals surface area contributed by atoms with Crippen LogP contribution >= 0.6 is 0 Å². The number of hydrogen-bond acceptors (Lipinski definition) is 4. The summed E-state index contributed by atoms with van der Waals surface area (Å²) in [4.78, 5) is 23.7. The van der Waals surface area contributed by atoms with Crippen LogP contribution in [0.2, 0.25) is 0 Å². The number of aromatic hydroxyl groups is 1. The van der Waals surface area contributed by atoms with Crippen LogP contribution in [0.15, 0.2) is 126 Å². The first-order chi connectivity index (χ1) is 21.7. The summed E-state index contributed by atoms with van der Waals surface area (Å²) in [5, 5.41) is 16.5. The number of phenols is 1. The molecule has 0 aliphatic heterocycles. The molecule has 0 radical (unpaired) electrons. The second-order valence-electron chi connectivity index (χ2n) is 11.2. The van der Waals surface area contributed by atoms with Crippen molar-refractivity contribution in [3.8, 4) is 17.4 Å². The zero-order valence-corrected chi connectivity index (χ0v) is 23.5. The number of nitrogens with zero attached hydrogens (tertiary/aromatic N) is 4. The molecular formula is C38H24N4O2. The molecule has 0 bridgehead atoms. The molecule has 6 heteroatoms. The first-order valence-electron chi connectivity index (χ1n) is 14.6. The van der Waals surface area contributed by atoms with Gasteiger partial charge in [0.15, 0.2) is 0 Å². The van der Waals surface area contributed by atoms with Crippen molar-refractivity contribution in [1.29, 1.82) is 0 Å². The van der Waals surface area contributed by atoms with Gasteiger partial charge in [0.1, 0.15) is 5.75 Å². The molecule has 208 valence electrons. The number of hydrogen-bond donors (Lipinski definition) is 1. The van der Waals surface area contributed by atoms with E-state index in [-0.39, 0.29) is 11.3 Å². The van der Waals surface area contributed by atoms with Gasteiger partial charge in [-0.3, -0.25) is 13.9 Å². The van der Waals surface area contributed by atoms with Crippen LogP contribution in [0.3, 0.4) is 0 Å². The largest absolute Gasteiger partial charge is 0.507 e. The van der Waals surface area contributed by atoms with Crippen LogP contribution in [-0.4, -0.2) is 24.2 Å². The van der Waals surface area contributed by atoms with Crippen LogP contribution in [-0.2, 0) is 6.42 Å². The van der Waals surface area contributed by atoms with Crippen LogP contribution in [0.5, 0.6) is 5.75 Å². The Balaban J connectivity index is 1.23. The van der Waals surface area contributed by atoms with Crippen molar-refractivity contribution in [3.05, 3.63) is 149 Å². The maximum Gasteiger partial charge on any atom is 0.263 e. The van der Waals surface area contributed by atoms with Gasteiger partial charge in [-0.1, -0.05) is 84.9 Å². The van der Waals surface area contributed by atoms with Crippen molar-refractivity contribution in [2.45, 2.75) is 6.42 Å². The van der Waals surface area contributed by atoms with Gasteiger partial charge in [-0.2, -0.15) is 0 Å². The molecule has 1 aliphatic rings. The number of para-hydroxylation sites is 2. The molecule has 6 nitrogen and oxygen atoms in total. The molecule has 0 saturated heterocycles. The van der Waals surface area contributed by atoms with E-state index < -0.39 is 0 Å². The van der Waals surface area contributed by atoms with Crippen LogP contribution in [0, 0.1) is 0 Å². The highest BCUT2D eigenvalue weighted by Crippen LogP contribution is 2.41. The van der Waals surface area contributed by atoms with E-state index >= 15 is 0 Å². The number of aromatic nitrogens is 4. The van der Waals surface area contributed by atoms with Crippen molar-refractivity contribution >= 4 is 55.0 Å². The Hall–Kier alpha value is -6.01. The van der Waals surface area contributed by atoms with Gasteiger partial charge in [-0.25, -0.2) is 9.97 Å². The monoisotopic (exact) mass is 568 g/mol. The van der Waals surface area contributed by atoms with E-state index in [0.29, 0.717) is 23.4 Å². The van der Waals surface area contributed by atoms with E-state index in [1.165, 1.54) is 0 Å². The van der Waals surface area contributed by atoms with Gasteiger partial charge >= 0.3 is 0 Å². The predicted octanol–water partition coefficient (Wildman–Crippen LogP) is 7.83. The minimum absolute atomic E-state index is 0.108. The van der Waals surface area contributed by atoms with E-state index in [2.05, 4.69) is 41.0 Å². The fourth-order valence-electron chi connectivity index (χ4n) is 6.85. The molecule has 1 aliphatic carbocycles. The molecule has 1 N–H and O–H groups in total. The third-order valence-electron chi connectivity index (χ3n) is 8.80. The Labute approximate surface area is 251 Å². The van der Waals surface area contributed by atoms with Crippen LogP contribution < -0.4 is 5.56 Å². The summed E-state index contributed by atoms with van der Waals surface area (Å²) >= 11 is 0. The van der Waals surface area contributed by atoms with Crippen molar-refractivity contribution in [2.24, 2.45) is 0 Å². The molecule has 0 saturated carbocycles. The van der Waals surface area contributed by atoms with Gasteiger partial charge < -0.3 is 5.11 Å². The SMILES string of the molecule is O=c1c2ccccc2c2c3ccccc3ccc2n1-c1cnc(-n2c3c(c4ccccc42)C=C(c2ccccc2O)C3)nc1. The quantitative estimate of drug-likeness (QED) is 0.221. The lowest BCUT2D eigenvalue weighted by Crippen LogP contribution is -2.20. The van der Waals surface area contributed by atoms with Crippen molar-refractivity contribution in [1.82, 2.24) is 19.1 Å². The smallest absolute Gasteiger partial charge is 0.263 e. The van der Waals surface area contributed by atoms with Crippen LogP contribution in [0.4, 0.5) is 0 Å². The molecule has 3 aromatic heterocycles. The Morgan fingerprint density at radius 2 is 1.32 bits per heavy atom. The molecule has 0 amide bonds. The summed E-state index contributed by atoms with van der Waals surface area (Å²) in [7, 11) is 0. The highest BCUT2D eigenvalue weighted by atomic mass is 16.3. The molecule has 0 fully saturated rings. The van der Waals surface area contributed by atoms with E-state index in [9.17, 15) is 9.90 Å². The second-order valence-corrected chi connectivity index (χ2v) is 11.2. The first-order valence-corrected chi connectivity index (χ1v) is 14.6. The van der Waals surface area contributed by atoms with Crippen molar-refractivity contribution in [2.75, 3.05) is 0 Å². The topological polar surface area (TPSA) is 72.9 Å². The summed E-state index contributed by atoms with van der Waals surface area (Å²) in [6.45, 7) is 0. The van der Waals surface area contributed by atoms with E-state index in [1.807, 2.05) is 72.8 Å². The van der Waals surface area contributed by atoms with Gasteiger partial charge in [0.05, 0.1) is 29.1 Å². The summed E-state index contributed by atoms with van der Waals surface area (Å²) in [6, 6.07) is 35.8.